The van der Waals surface area contributed by atoms with Crippen LogP contribution in [0.4, 0.5) is 0 Å². The van der Waals surface area contributed by atoms with Crippen LogP contribution in [0.3, 0.4) is 0 Å². The van der Waals surface area contributed by atoms with Crippen LogP contribution in [-0.4, -0.2) is 39.0 Å². The molecule has 2 N–H and O–H groups in total. The van der Waals surface area contributed by atoms with E-state index in [9.17, 15) is 9.90 Å². The Morgan fingerprint density at radius 1 is 1.60 bits per heavy atom. The van der Waals surface area contributed by atoms with Gasteiger partial charge in [0.05, 0.1) is 11.7 Å². The van der Waals surface area contributed by atoms with Gasteiger partial charge in [0, 0.05) is 25.0 Å². The van der Waals surface area contributed by atoms with Gasteiger partial charge in [0.25, 0.3) is 0 Å². The summed E-state index contributed by atoms with van der Waals surface area (Å²) >= 11 is 0. The average Bonchev–Trinajstić information content (AvgIpc) is 2.89. The smallest absolute Gasteiger partial charge is 0.311 e. The number of allylic oxidation sites excluding steroid dienone is 2. The molecule has 1 aromatic heterocycles. The second kappa shape index (κ2) is 6.22. The number of nitrogens with one attached hydrogen (secondary N) is 1. The number of nitrogens with zero attached hydrogens (tertiary/aromatic N) is 2. The minimum Gasteiger partial charge on any atom is -0.481 e. The second-order valence-electron chi connectivity index (χ2n) is 5.96. The number of hydrogen-bond donors (Lipinski definition) is 2. The lowest BCUT2D eigenvalue weighted by molar-refractivity contribution is -0.152. The van der Waals surface area contributed by atoms with Gasteiger partial charge in [0.15, 0.2) is 0 Å². The molecule has 0 saturated carbocycles. The summed E-state index contributed by atoms with van der Waals surface area (Å²) in [4.78, 5) is 21.1. The standard InChI is InChI=1S/C15H23N3O2/c1-12(2)4-6-15(14(19)20)5-3-7-18(10-15)9-13-8-16-11-17-13/h4,8,11H,3,5-7,9-10H2,1-2H3,(H,16,17)(H,19,20)/t15-/m1/s1. The Labute approximate surface area is 119 Å². The molecule has 20 heavy (non-hydrogen) atoms. The first-order valence-corrected chi connectivity index (χ1v) is 7.08. The fourth-order valence-electron chi connectivity index (χ4n) is 2.80. The molecule has 5 heteroatoms. The highest BCUT2D eigenvalue weighted by molar-refractivity contribution is 5.75. The number of likely N-dealkylation sites (tertiary alicyclic amines) is 1. The molecular weight excluding hydrogens is 254 g/mol. The number of hydrogen-bond acceptors (Lipinski definition) is 3. The van der Waals surface area contributed by atoms with E-state index in [0.29, 0.717) is 13.0 Å². The van der Waals surface area contributed by atoms with E-state index in [-0.39, 0.29) is 0 Å². The molecule has 0 spiro atoms. The summed E-state index contributed by atoms with van der Waals surface area (Å²) in [5.41, 5.74) is 1.57. The zero-order valence-corrected chi connectivity index (χ0v) is 12.2. The fourth-order valence-corrected chi connectivity index (χ4v) is 2.80. The molecule has 0 aromatic carbocycles. The lowest BCUT2D eigenvalue weighted by Crippen LogP contribution is -2.47. The molecule has 1 aromatic rings. The monoisotopic (exact) mass is 277 g/mol. The zero-order valence-electron chi connectivity index (χ0n) is 12.2. The SMILES string of the molecule is CC(C)=CC[C@]1(C(=O)O)CCCN(Cc2cnc[nH]2)C1. The quantitative estimate of drug-likeness (QED) is 0.811. The molecule has 0 aliphatic carbocycles. The average molecular weight is 277 g/mol. The molecule has 1 atom stereocenters. The van der Waals surface area contributed by atoms with Crippen molar-refractivity contribution in [2.24, 2.45) is 5.41 Å². The number of carbonyl (C=O) groups is 1. The van der Waals surface area contributed by atoms with Gasteiger partial charge >= 0.3 is 5.97 Å². The van der Waals surface area contributed by atoms with E-state index in [1.54, 1.807) is 12.5 Å². The lowest BCUT2D eigenvalue weighted by atomic mass is 9.76. The van der Waals surface area contributed by atoms with Crippen LogP contribution in [0.1, 0.15) is 38.8 Å². The molecular formula is C15H23N3O2. The number of aromatic amines is 1. The van der Waals surface area contributed by atoms with Gasteiger partial charge in [-0.15, -0.1) is 0 Å². The van der Waals surface area contributed by atoms with Crippen LogP contribution in [0.25, 0.3) is 0 Å². The van der Waals surface area contributed by atoms with Crippen molar-refractivity contribution in [3.05, 3.63) is 29.9 Å². The number of imidazole rings is 1. The molecule has 5 nitrogen and oxygen atoms in total. The molecule has 2 rings (SSSR count). The van der Waals surface area contributed by atoms with E-state index in [0.717, 1.165) is 31.6 Å². The predicted octanol–water partition coefficient (Wildman–Crippen LogP) is 2.43. The predicted molar refractivity (Wildman–Crippen MR) is 77.2 cm³/mol. The summed E-state index contributed by atoms with van der Waals surface area (Å²) in [6, 6.07) is 0. The van der Waals surface area contributed by atoms with E-state index in [4.69, 9.17) is 0 Å². The Balaban J connectivity index is 2.08. The summed E-state index contributed by atoms with van der Waals surface area (Å²) in [5, 5.41) is 9.67. The van der Waals surface area contributed by atoms with Crippen molar-refractivity contribution in [3.63, 3.8) is 0 Å². The largest absolute Gasteiger partial charge is 0.481 e. The van der Waals surface area contributed by atoms with Gasteiger partial charge in [-0.2, -0.15) is 0 Å². The molecule has 2 heterocycles. The third-order valence-electron chi connectivity index (χ3n) is 3.96. The van der Waals surface area contributed by atoms with Crippen LogP contribution in [0.2, 0.25) is 0 Å². The van der Waals surface area contributed by atoms with Gasteiger partial charge in [-0.05, 0) is 39.7 Å². The van der Waals surface area contributed by atoms with E-state index in [1.165, 1.54) is 5.57 Å². The van der Waals surface area contributed by atoms with Gasteiger partial charge in [-0.3, -0.25) is 9.69 Å². The van der Waals surface area contributed by atoms with Gasteiger partial charge in [-0.1, -0.05) is 11.6 Å². The maximum absolute atomic E-state index is 11.8. The number of aliphatic carboxylic acids is 1. The third-order valence-corrected chi connectivity index (χ3v) is 3.96. The number of piperidine rings is 1. The maximum atomic E-state index is 11.8. The second-order valence-corrected chi connectivity index (χ2v) is 5.96. The van der Waals surface area contributed by atoms with Crippen molar-refractivity contribution in [2.75, 3.05) is 13.1 Å². The summed E-state index contributed by atoms with van der Waals surface area (Å²) in [5.74, 6) is -0.677. The van der Waals surface area contributed by atoms with Gasteiger partial charge < -0.3 is 10.1 Å². The van der Waals surface area contributed by atoms with E-state index in [2.05, 4.69) is 14.9 Å². The van der Waals surface area contributed by atoms with Crippen LogP contribution < -0.4 is 0 Å². The Morgan fingerprint density at radius 3 is 3.00 bits per heavy atom. The molecule has 1 aliphatic rings. The molecule has 0 bridgehead atoms. The lowest BCUT2D eigenvalue weighted by Gasteiger charge is -2.39. The maximum Gasteiger partial charge on any atom is 0.311 e. The third kappa shape index (κ3) is 3.48. The highest BCUT2D eigenvalue weighted by Crippen LogP contribution is 2.35. The molecule has 110 valence electrons. The Kier molecular flexibility index (Phi) is 4.60. The first-order valence-electron chi connectivity index (χ1n) is 7.08. The zero-order chi connectivity index (χ0) is 14.6. The number of carboxylic acid groups (broad SMARTS) is 1. The van der Waals surface area contributed by atoms with Crippen molar-refractivity contribution in [3.8, 4) is 0 Å². The van der Waals surface area contributed by atoms with Crippen LogP contribution >= 0.6 is 0 Å². The Bertz CT molecular complexity index is 477. The van der Waals surface area contributed by atoms with Crippen molar-refractivity contribution < 1.29 is 9.90 Å². The Morgan fingerprint density at radius 2 is 2.40 bits per heavy atom. The summed E-state index contributed by atoms with van der Waals surface area (Å²) in [6.45, 7) is 6.32. The van der Waals surface area contributed by atoms with Gasteiger partial charge in [-0.25, -0.2) is 4.98 Å². The number of rotatable bonds is 5. The van der Waals surface area contributed by atoms with Gasteiger partial charge in [0.1, 0.15) is 0 Å². The molecule has 1 saturated heterocycles. The normalized spacial score (nSPS) is 23.5. The van der Waals surface area contributed by atoms with Crippen LogP contribution in [0.5, 0.6) is 0 Å². The summed E-state index contributed by atoms with van der Waals surface area (Å²) < 4.78 is 0. The Hall–Kier alpha value is -1.62. The molecule has 0 unspecified atom stereocenters. The number of H-pyrrole nitrogens is 1. The highest BCUT2D eigenvalue weighted by Gasteiger charge is 2.41. The van der Waals surface area contributed by atoms with E-state index in [1.807, 2.05) is 19.9 Å². The minimum atomic E-state index is -0.677. The first-order chi connectivity index (χ1) is 9.52. The van der Waals surface area contributed by atoms with E-state index >= 15 is 0 Å². The summed E-state index contributed by atoms with van der Waals surface area (Å²) in [7, 11) is 0. The topological polar surface area (TPSA) is 69.2 Å². The number of carboxylic acids is 1. The highest BCUT2D eigenvalue weighted by atomic mass is 16.4. The van der Waals surface area contributed by atoms with Crippen LogP contribution in [0.15, 0.2) is 24.2 Å². The minimum absolute atomic E-state index is 0.602. The first kappa shape index (κ1) is 14.8. The van der Waals surface area contributed by atoms with Gasteiger partial charge in [0.2, 0.25) is 0 Å². The van der Waals surface area contributed by atoms with Crippen LogP contribution in [0, 0.1) is 5.41 Å². The number of aromatic nitrogens is 2. The molecule has 0 radical (unpaired) electrons. The fraction of sp³-hybridized carbons (Fsp3) is 0.600. The van der Waals surface area contributed by atoms with Crippen molar-refractivity contribution >= 4 is 5.97 Å². The van der Waals surface area contributed by atoms with Crippen molar-refractivity contribution in [1.29, 1.82) is 0 Å². The van der Waals surface area contributed by atoms with E-state index < -0.39 is 11.4 Å². The van der Waals surface area contributed by atoms with Crippen LogP contribution in [-0.2, 0) is 11.3 Å². The molecule has 1 aliphatic heterocycles. The molecule has 1 fully saturated rings. The van der Waals surface area contributed by atoms with Crippen molar-refractivity contribution in [1.82, 2.24) is 14.9 Å². The molecule has 0 amide bonds. The van der Waals surface area contributed by atoms with Crippen molar-refractivity contribution in [2.45, 2.75) is 39.7 Å². The summed E-state index contributed by atoms with van der Waals surface area (Å²) in [6.07, 6.45) is 7.81.